The van der Waals surface area contributed by atoms with E-state index < -0.39 is 12.4 Å². The Balaban J connectivity index is 3.46. The number of hydrogen-bond acceptors (Lipinski definition) is 5. The minimum Gasteiger partial charge on any atom is -0.434 e. The molecule has 5 nitrogen and oxygen atoms in total. The molecule has 0 bridgehead atoms. The van der Waals surface area contributed by atoms with Crippen LogP contribution in [0.3, 0.4) is 0 Å². The van der Waals surface area contributed by atoms with E-state index in [4.69, 9.17) is 0 Å². The lowest BCUT2D eigenvalue weighted by atomic mass is 10.5. The van der Waals surface area contributed by atoms with Gasteiger partial charge in [0.1, 0.15) is 0 Å². The molecule has 12 heavy (non-hydrogen) atoms. The molecule has 0 aromatic heterocycles. The maximum absolute atomic E-state index is 10.6. The zero-order valence-electron chi connectivity index (χ0n) is 7.03. The van der Waals surface area contributed by atoms with Crippen LogP contribution in [0.15, 0.2) is 0 Å². The van der Waals surface area contributed by atoms with Gasteiger partial charge in [-0.05, 0) is 6.42 Å². The van der Waals surface area contributed by atoms with Crippen molar-refractivity contribution < 1.29 is 23.8 Å². The van der Waals surface area contributed by atoms with Crippen LogP contribution < -0.4 is 0 Å². The first kappa shape index (κ1) is 10.7. The van der Waals surface area contributed by atoms with Gasteiger partial charge in [-0.3, -0.25) is 0 Å². The van der Waals surface area contributed by atoms with Gasteiger partial charge in [-0.25, -0.2) is 9.59 Å². The lowest BCUT2D eigenvalue weighted by Gasteiger charge is -2.09. The van der Waals surface area contributed by atoms with Crippen LogP contribution >= 0.6 is 0 Å². The van der Waals surface area contributed by atoms with Crippen molar-refractivity contribution in [3.63, 3.8) is 0 Å². The lowest BCUT2D eigenvalue weighted by molar-refractivity contribution is -0.0605. The number of carbonyl (C=O) groups is 1. The quantitative estimate of drug-likeness (QED) is 0.460. The summed E-state index contributed by atoms with van der Waals surface area (Å²) >= 11 is 0. The fourth-order valence-corrected chi connectivity index (χ4v) is 0.447. The Hall–Kier alpha value is -1.26. The predicted octanol–water partition coefficient (Wildman–Crippen LogP) is 0.979. The zero-order chi connectivity index (χ0) is 9.40. The number of rotatable bonds is 5. The summed E-state index contributed by atoms with van der Waals surface area (Å²) in [5.41, 5.74) is 0. The highest BCUT2D eigenvalue weighted by Gasteiger charge is 2.09. The first-order valence-electron chi connectivity index (χ1n) is 3.57. The number of hydrogen-bond donors (Lipinski definition) is 0. The minimum absolute atomic E-state index is 0.288. The Morgan fingerprint density at radius 3 is 2.75 bits per heavy atom. The highest BCUT2D eigenvalue weighted by atomic mass is 16.8. The molecule has 0 saturated heterocycles. The topological polar surface area (TPSA) is 61.8 Å². The molecule has 1 unspecified atom stereocenters. The van der Waals surface area contributed by atoms with Crippen LogP contribution in [0.2, 0.25) is 0 Å². The number of carbonyl (C=O) groups excluding carboxylic acids is 2. The van der Waals surface area contributed by atoms with E-state index in [1.165, 1.54) is 6.92 Å². The van der Waals surface area contributed by atoms with Crippen LogP contribution in [0.1, 0.15) is 20.3 Å². The average molecular weight is 175 g/mol. The van der Waals surface area contributed by atoms with E-state index in [1.807, 2.05) is 6.92 Å². The fraction of sp³-hybridized carbons (Fsp3) is 0.714. The Labute approximate surface area is 70.6 Å². The molecule has 0 heterocycles. The molecule has 0 aromatic rings. The van der Waals surface area contributed by atoms with Crippen molar-refractivity contribution in [3.05, 3.63) is 0 Å². The molecular weight excluding hydrogens is 164 g/mol. The minimum atomic E-state index is -0.952. The zero-order valence-corrected chi connectivity index (χ0v) is 7.03. The van der Waals surface area contributed by atoms with E-state index in [1.54, 1.807) is 0 Å². The van der Waals surface area contributed by atoms with Gasteiger partial charge in [0.2, 0.25) is 6.29 Å². The van der Waals surface area contributed by atoms with Crippen LogP contribution in [0, 0.1) is 0 Å². The van der Waals surface area contributed by atoms with E-state index >= 15 is 0 Å². The second-order valence-corrected chi connectivity index (χ2v) is 1.99. The van der Waals surface area contributed by atoms with Crippen molar-refractivity contribution >= 4 is 12.6 Å². The van der Waals surface area contributed by atoms with Crippen molar-refractivity contribution in [3.8, 4) is 0 Å². The first-order chi connectivity index (χ1) is 5.70. The van der Waals surface area contributed by atoms with Crippen molar-refractivity contribution in [2.75, 3.05) is 6.61 Å². The van der Waals surface area contributed by atoms with Gasteiger partial charge in [0.05, 0.1) is 6.61 Å². The maximum atomic E-state index is 10.6. The van der Waals surface area contributed by atoms with E-state index in [-0.39, 0.29) is 6.61 Å². The lowest BCUT2D eigenvalue weighted by Crippen LogP contribution is -2.18. The van der Waals surface area contributed by atoms with E-state index in [9.17, 15) is 9.59 Å². The van der Waals surface area contributed by atoms with Crippen molar-refractivity contribution in [2.24, 2.45) is 0 Å². The molecule has 5 heteroatoms. The summed E-state index contributed by atoms with van der Waals surface area (Å²) in [7, 11) is 0. The Morgan fingerprint density at radius 1 is 1.58 bits per heavy atom. The molecule has 0 aliphatic rings. The average Bonchev–Trinajstić information content (AvgIpc) is 2.01. The summed E-state index contributed by atoms with van der Waals surface area (Å²) in [5, 5.41) is 0. The molecule has 0 N–H and O–H groups in total. The standard InChI is InChI=1S/C7H11O5/c1-3-4-10-7(9)12-6(2)11-5-8/h6H,3-4H2,1-2H3. The molecule has 0 amide bonds. The van der Waals surface area contributed by atoms with Crippen LogP contribution in [-0.4, -0.2) is 25.5 Å². The first-order valence-corrected chi connectivity index (χ1v) is 3.57. The van der Waals surface area contributed by atoms with Gasteiger partial charge in [0, 0.05) is 6.92 Å². The molecule has 1 radical (unpaired) electrons. The third-order valence-corrected chi connectivity index (χ3v) is 0.900. The third kappa shape index (κ3) is 5.52. The van der Waals surface area contributed by atoms with Crippen molar-refractivity contribution in [1.82, 2.24) is 0 Å². The van der Waals surface area contributed by atoms with Gasteiger partial charge < -0.3 is 14.2 Å². The Kier molecular flexibility index (Phi) is 5.77. The maximum Gasteiger partial charge on any atom is 0.511 e. The van der Waals surface area contributed by atoms with E-state index in [0.29, 0.717) is 6.42 Å². The highest BCUT2D eigenvalue weighted by molar-refractivity contribution is 5.60. The molecule has 0 spiro atoms. The van der Waals surface area contributed by atoms with Crippen LogP contribution in [-0.2, 0) is 19.0 Å². The summed E-state index contributed by atoms with van der Waals surface area (Å²) < 4.78 is 13.1. The molecule has 69 valence electrons. The van der Waals surface area contributed by atoms with Crippen LogP contribution in [0.4, 0.5) is 4.79 Å². The largest absolute Gasteiger partial charge is 0.511 e. The van der Waals surface area contributed by atoms with E-state index in [2.05, 4.69) is 14.2 Å². The fourth-order valence-electron chi connectivity index (χ4n) is 0.447. The normalized spacial score (nSPS) is 11.5. The summed E-state index contributed by atoms with van der Waals surface area (Å²) in [6, 6.07) is 0. The SMILES string of the molecule is CCCOC(=O)OC(C)O[C]=O. The van der Waals surface area contributed by atoms with Gasteiger partial charge in [-0.15, -0.1) is 0 Å². The highest BCUT2D eigenvalue weighted by Crippen LogP contribution is 1.95. The second-order valence-electron chi connectivity index (χ2n) is 1.99. The summed E-state index contributed by atoms with van der Waals surface area (Å²) in [6.07, 6.45) is -1.09. The smallest absolute Gasteiger partial charge is 0.434 e. The third-order valence-electron chi connectivity index (χ3n) is 0.900. The van der Waals surface area contributed by atoms with Crippen LogP contribution in [0.5, 0.6) is 0 Å². The summed E-state index contributed by atoms with van der Waals surface area (Å²) in [6.45, 7) is 4.67. The molecule has 0 aromatic carbocycles. The summed E-state index contributed by atoms with van der Waals surface area (Å²) in [4.78, 5) is 20.3. The molecule has 0 aliphatic carbocycles. The summed E-state index contributed by atoms with van der Waals surface area (Å²) in [5.74, 6) is 0. The number of ether oxygens (including phenoxy) is 3. The molecule has 0 rings (SSSR count). The molecular formula is C7H11O5. The van der Waals surface area contributed by atoms with E-state index in [0.717, 1.165) is 6.47 Å². The predicted molar refractivity (Wildman–Crippen MR) is 39.0 cm³/mol. The second kappa shape index (κ2) is 6.45. The van der Waals surface area contributed by atoms with Crippen LogP contribution in [0.25, 0.3) is 0 Å². The van der Waals surface area contributed by atoms with Gasteiger partial charge in [0.15, 0.2) is 0 Å². The molecule has 1 atom stereocenters. The Morgan fingerprint density at radius 2 is 2.25 bits per heavy atom. The monoisotopic (exact) mass is 175 g/mol. The van der Waals surface area contributed by atoms with Gasteiger partial charge >= 0.3 is 12.6 Å². The van der Waals surface area contributed by atoms with Crippen molar-refractivity contribution in [1.29, 1.82) is 0 Å². The molecule has 0 aliphatic heterocycles. The van der Waals surface area contributed by atoms with Crippen molar-refractivity contribution in [2.45, 2.75) is 26.6 Å². The van der Waals surface area contributed by atoms with Gasteiger partial charge in [-0.2, -0.15) is 0 Å². The molecule has 0 fully saturated rings. The van der Waals surface area contributed by atoms with Gasteiger partial charge in [-0.1, -0.05) is 6.92 Å². The molecule has 0 saturated carbocycles. The van der Waals surface area contributed by atoms with Gasteiger partial charge in [0.25, 0.3) is 0 Å². The Bertz CT molecular complexity index is 145.